The van der Waals surface area contributed by atoms with E-state index in [4.69, 9.17) is 10.8 Å². The summed E-state index contributed by atoms with van der Waals surface area (Å²) in [6, 6.07) is 0. The standard InChI is InChI=1S/C6H12N2O5S/c1-6(2,5(7)11)8-14(12,13)3-4(9)10/h8H,3H2,1-2H3,(H2,7,11)(H,9,10). The molecule has 14 heavy (non-hydrogen) atoms. The maximum Gasteiger partial charge on any atom is 0.320 e. The fourth-order valence-corrected chi connectivity index (χ4v) is 1.91. The highest BCUT2D eigenvalue weighted by Gasteiger charge is 2.31. The lowest BCUT2D eigenvalue weighted by Gasteiger charge is -2.21. The van der Waals surface area contributed by atoms with Crippen LogP contribution in [0.5, 0.6) is 0 Å². The van der Waals surface area contributed by atoms with Gasteiger partial charge >= 0.3 is 5.97 Å². The van der Waals surface area contributed by atoms with E-state index in [1.54, 1.807) is 0 Å². The number of amides is 1. The fourth-order valence-electron chi connectivity index (χ4n) is 0.638. The summed E-state index contributed by atoms with van der Waals surface area (Å²) in [5.41, 5.74) is 3.40. The Labute approximate surface area is 81.3 Å². The van der Waals surface area contributed by atoms with Crippen LogP contribution in [0.2, 0.25) is 0 Å². The van der Waals surface area contributed by atoms with E-state index in [2.05, 4.69) is 0 Å². The lowest BCUT2D eigenvalue weighted by Crippen LogP contribution is -2.53. The van der Waals surface area contributed by atoms with Crippen LogP contribution in [0.1, 0.15) is 13.8 Å². The van der Waals surface area contributed by atoms with Crippen LogP contribution in [0.25, 0.3) is 0 Å². The lowest BCUT2D eigenvalue weighted by molar-refractivity contribution is -0.134. The highest BCUT2D eigenvalue weighted by molar-refractivity contribution is 7.90. The summed E-state index contributed by atoms with van der Waals surface area (Å²) in [5, 5.41) is 8.25. The summed E-state index contributed by atoms with van der Waals surface area (Å²) in [6.07, 6.45) is 0. The van der Waals surface area contributed by atoms with Gasteiger partial charge in [-0.3, -0.25) is 9.59 Å². The quantitative estimate of drug-likeness (QED) is 0.510. The van der Waals surface area contributed by atoms with Crippen molar-refractivity contribution in [3.63, 3.8) is 0 Å². The van der Waals surface area contributed by atoms with Gasteiger partial charge in [-0.25, -0.2) is 8.42 Å². The van der Waals surface area contributed by atoms with Crippen molar-refractivity contribution in [2.24, 2.45) is 5.73 Å². The largest absolute Gasteiger partial charge is 0.480 e. The molecule has 0 aliphatic rings. The van der Waals surface area contributed by atoms with E-state index in [0.717, 1.165) is 0 Å². The third-order valence-electron chi connectivity index (χ3n) is 1.34. The van der Waals surface area contributed by atoms with Gasteiger partial charge in [0.05, 0.1) is 0 Å². The molecule has 0 spiro atoms. The highest BCUT2D eigenvalue weighted by atomic mass is 32.2. The Hall–Kier alpha value is -1.15. The molecule has 0 radical (unpaired) electrons. The first-order chi connectivity index (χ1) is 6.07. The second kappa shape index (κ2) is 3.93. The van der Waals surface area contributed by atoms with Crippen LogP contribution in [-0.2, 0) is 19.6 Å². The van der Waals surface area contributed by atoms with Crippen LogP contribution in [0.15, 0.2) is 0 Å². The molecule has 1 amide bonds. The second-order valence-corrected chi connectivity index (χ2v) is 4.97. The topological polar surface area (TPSA) is 127 Å². The zero-order chi connectivity index (χ0) is 11.6. The lowest BCUT2D eigenvalue weighted by atomic mass is 10.1. The smallest absolute Gasteiger partial charge is 0.320 e. The molecule has 0 aliphatic heterocycles. The van der Waals surface area contributed by atoms with E-state index in [0.29, 0.717) is 0 Å². The van der Waals surface area contributed by atoms with Gasteiger partial charge in [0.25, 0.3) is 0 Å². The van der Waals surface area contributed by atoms with Crippen LogP contribution < -0.4 is 10.5 Å². The first-order valence-electron chi connectivity index (χ1n) is 3.60. The van der Waals surface area contributed by atoms with Crippen molar-refractivity contribution >= 4 is 21.9 Å². The summed E-state index contributed by atoms with van der Waals surface area (Å²) >= 11 is 0. The summed E-state index contributed by atoms with van der Waals surface area (Å²) in [4.78, 5) is 20.9. The number of hydrogen-bond donors (Lipinski definition) is 3. The number of carbonyl (C=O) groups excluding carboxylic acids is 1. The molecular weight excluding hydrogens is 212 g/mol. The van der Waals surface area contributed by atoms with E-state index < -0.39 is 33.2 Å². The first-order valence-corrected chi connectivity index (χ1v) is 5.25. The molecule has 0 aromatic heterocycles. The summed E-state index contributed by atoms with van der Waals surface area (Å²) in [5.74, 6) is -3.48. The predicted molar refractivity (Wildman–Crippen MR) is 47.8 cm³/mol. The van der Waals surface area contributed by atoms with E-state index in [9.17, 15) is 18.0 Å². The van der Waals surface area contributed by atoms with Crippen molar-refractivity contribution in [1.29, 1.82) is 0 Å². The molecule has 0 unspecified atom stereocenters. The molecular formula is C6H12N2O5S. The van der Waals surface area contributed by atoms with Crippen LogP contribution >= 0.6 is 0 Å². The minimum atomic E-state index is -4.03. The number of sulfonamides is 1. The van der Waals surface area contributed by atoms with Crippen molar-refractivity contribution in [2.75, 3.05) is 5.75 Å². The first kappa shape index (κ1) is 12.8. The minimum absolute atomic E-state index is 0.883. The number of carbonyl (C=O) groups is 2. The molecule has 82 valence electrons. The number of aliphatic carboxylic acids is 1. The second-order valence-electron chi connectivity index (χ2n) is 3.24. The minimum Gasteiger partial charge on any atom is -0.480 e. The van der Waals surface area contributed by atoms with Gasteiger partial charge in [0.1, 0.15) is 5.54 Å². The molecule has 0 saturated carbocycles. The average molecular weight is 224 g/mol. The SMILES string of the molecule is CC(C)(NS(=O)(=O)CC(=O)O)C(N)=O. The molecule has 0 aromatic carbocycles. The van der Waals surface area contributed by atoms with E-state index in [1.807, 2.05) is 4.72 Å². The van der Waals surface area contributed by atoms with Crippen molar-refractivity contribution < 1.29 is 23.1 Å². The molecule has 4 N–H and O–H groups in total. The average Bonchev–Trinajstić information content (AvgIpc) is 1.79. The zero-order valence-corrected chi connectivity index (χ0v) is 8.59. The van der Waals surface area contributed by atoms with Crippen molar-refractivity contribution in [3.8, 4) is 0 Å². The number of nitrogens with one attached hydrogen (secondary N) is 1. The molecule has 0 fully saturated rings. The Morgan fingerprint density at radius 2 is 1.86 bits per heavy atom. The zero-order valence-electron chi connectivity index (χ0n) is 7.77. The maximum absolute atomic E-state index is 11.1. The predicted octanol–water partition coefficient (Wildman–Crippen LogP) is -1.75. The molecule has 0 rings (SSSR count). The van der Waals surface area contributed by atoms with Crippen LogP contribution in [0.3, 0.4) is 0 Å². The number of nitrogens with two attached hydrogens (primary N) is 1. The third-order valence-corrected chi connectivity index (χ3v) is 2.79. The molecule has 7 nitrogen and oxygen atoms in total. The molecule has 0 heterocycles. The van der Waals surface area contributed by atoms with Crippen molar-refractivity contribution in [1.82, 2.24) is 4.72 Å². The molecule has 8 heteroatoms. The van der Waals surface area contributed by atoms with Crippen LogP contribution in [-0.4, -0.2) is 36.7 Å². The number of carboxylic acids is 1. The van der Waals surface area contributed by atoms with E-state index in [1.165, 1.54) is 13.8 Å². The number of primary amides is 1. The monoisotopic (exact) mass is 224 g/mol. The van der Waals surface area contributed by atoms with Crippen molar-refractivity contribution in [2.45, 2.75) is 19.4 Å². The fraction of sp³-hybridized carbons (Fsp3) is 0.667. The number of hydrogen-bond acceptors (Lipinski definition) is 4. The molecule has 0 aliphatic carbocycles. The molecule has 0 saturated heterocycles. The van der Waals surface area contributed by atoms with Gasteiger partial charge in [0, 0.05) is 0 Å². The third kappa shape index (κ3) is 4.19. The Morgan fingerprint density at radius 1 is 1.43 bits per heavy atom. The van der Waals surface area contributed by atoms with Gasteiger partial charge in [0.2, 0.25) is 15.9 Å². The van der Waals surface area contributed by atoms with Gasteiger partial charge in [-0.15, -0.1) is 0 Å². The summed E-state index contributed by atoms with van der Waals surface area (Å²) in [6.45, 7) is 2.49. The van der Waals surface area contributed by atoms with Gasteiger partial charge in [0.15, 0.2) is 5.75 Å². The number of rotatable bonds is 5. The Kier molecular flexibility index (Phi) is 3.60. The molecule has 0 bridgehead atoms. The summed E-state index contributed by atoms with van der Waals surface area (Å²) in [7, 11) is -4.03. The Balaban J connectivity index is 4.68. The normalized spacial score (nSPS) is 12.4. The van der Waals surface area contributed by atoms with Gasteiger partial charge in [-0.05, 0) is 13.8 Å². The molecule has 0 atom stereocenters. The van der Waals surface area contributed by atoms with Crippen molar-refractivity contribution in [3.05, 3.63) is 0 Å². The van der Waals surface area contributed by atoms with E-state index in [-0.39, 0.29) is 0 Å². The van der Waals surface area contributed by atoms with Gasteiger partial charge in [-0.2, -0.15) is 4.72 Å². The molecule has 0 aromatic rings. The van der Waals surface area contributed by atoms with E-state index >= 15 is 0 Å². The maximum atomic E-state index is 11.1. The van der Waals surface area contributed by atoms with Crippen LogP contribution in [0, 0.1) is 0 Å². The Morgan fingerprint density at radius 3 is 2.14 bits per heavy atom. The summed E-state index contributed by atoms with van der Waals surface area (Å²) < 4.78 is 24.0. The number of carboxylic acid groups (broad SMARTS) is 1. The highest BCUT2D eigenvalue weighted by Crippen LogP contribution is 2.03. The van der Waals surface area contributed by atoms with Gasteiger partial charge < -0.3 is 10.8 Å². The van der Waals surface area contributed by atoms with Gasteiger partial charge in [-0.1, -0.05) is 0 Å². The Bertz CT molecular complexity index is 345. The van der Waals surface area contributed by atoms with Crippen LogP contribution in [0.4, 0.5) is 0 Å².